The van der Waals surface area contributed by atoms with E-state index in [1.807, 2.05) is 0 Å². The van der Waals surface area contributed by atoms with E-state index in [9.17, 15) is 4.79 Å². The van der Waals surface area contributed by atoms with Crippen LogP contribution >= 0.6 is 0 Å². The lowest BCUT2D eigenvalue weighted by Crippen LogP contribution is -2.31. The van der Waals surface area contributed by atoms with Crippen molar-refractivity contribution >= 4 is 5.97 Å². The van der Waals surface area contributed by atoms with E-state index in [4.69, 9.17) is 4.74 Å². The Morgan fingerprint density at radius 1 is 1.35 bits per heavy atom. The molecular weight excluding hydrogens is 212 g/mol. The SMILES string of the molecule is CCC1(CC)C[C@@H](C(C)(C)CC(C)C)OC1=O. The van der Waals surface area contributed by atoms with Gasteiger partial charge in [-0.1, -0.05) is 41.5 Å². The van der Waals surface area contributed by atoms with Gasteiger partial charge in [-0.05, 0) is 25.2 Å². The normalized spacial score (nSPS) is 24.2. The van der Waals surface area contributed by atoms with Crippen molar-refractivity contribution in [3.05, 3.63) is 0 Å². The van der Waals surface area contributed by atoms with Gasteiger partial charge in [0.25, 0.3) is 0 Å². The minimum Gasteiger partial charge on any atom is -0.461 e. The van der Waals surface area contributed by atoms with Crippen molar-refractivity contribution in [2.75, 3.05) is 0 Å². The lowest BCUT2D eigenvalue weighted by molar-refractivity contribution is -0.152. The molecule has 100 valence electrons. The Labute approximate surface area is 106 Å². The molecule has 1 rings (SSSR count). The first kappa shape index (κ1) is 14.5. The second kappa shape index (κ2) is 4.99. The van der Waals surface area contributed by atoms with Crippen molar-refractivity contribution in [3.63, 3.8) is 0 Å². The highest BCUT2D eigenvalue weighted by atomic mass is 16.6. The maximum atomic E-state index is 12.1. The molecule has 0 amide bonds. The number of esters is 1. The zero-order chi connectivity index (χ0) is 13.3. The first-order valence-electron chi connectivity index (χ1n) is 6.98. The number of carbonyl (C=O) groups excluding carboxylic acids is 1. The average Bonchev–Trinajstić information content (AvgIpc) is 2.55. The molecule has 1 atom stereocenters. The quantitative estimate of drug-likeness (QED) is 0.674. The van der Waals surface area contributed by atoms with Gasteiger partial charge in [-0.15, -0.1) is 0 Å². The summed E-state index contributed by atoms with van der Waals surface area (Å²) in [7, 11) is 0. The molecule has 0 bridgehead atoms. The smallest absolute Gasteiger partial charge is 0.312 e. The summed E-state index contributed by atoms with van der Waals surface area (Å²) < 4.78 is 5.69. The van der Waals surface area contributed by atoms with Crippen LogP contribution in [0.15, 0.2) is 0 Å². The van der Waals surface area contributed by atoms with Crippen molar-refractivity contribution in [1.29, 1.82) is 0 Å². The molecule has 1 aliphatic heterocycles. The average molecular weight is 240 g/mol. The summed E-state index contributed by atoms with van der Waals surface area (Å²) in [5.41, 5.74) is -0.116. The number of cyclic esters (lactones) is 1. The van der Waals surface area contributed by atoms with Crippen LogP contribution in [-0.4, -0.2) is 12.1 Å². The molecule has 0 radical (unpaired) electrons. The van der Waals surface area contributed by atoms with Crippen molar-refractivity contribution in [1.82, 2.24) is 0 Å². The van der Waals surface area contributed by atoms with E-state index in [1.54, 1.807) is 0 Å². The van der Waals surface area contributed by atoms with Crippen LogP contribution in [0.2, 0.25) is 0 Å². The number of carbonyl (C=O) groups is 1. The van der Waals surface area contributed by atoms with E-state index in [0.29, 0.717) is 5.92 Å². The molecule has 0 spiro atoms. The molecule has 1 aliphatic rings. The highest BCUT2D eigenvalue weighted by molar-refractivity contribution is 5.79. The topological polar surface area (TPSA) is 26.3 Å². The molecule has 0 aromatic heterocycles. The third kappa shape index (κ3) is 2.83. The zero-order valence-electron chi connectivity index (χ0n) is 12.3. The maximum absolute atomic E-state index is 12.1. The Bertz CT molecular complexity index is 275. The second-order valence-electron chi connectivity index (χ2n) is 6.67. The summed E-state index contributed by atoms with van der Waals surface area (Å²) in [6.45, 7) is 13.1. The Kier molecular flexibility index (Phi) is 4.27. The van der Waals surface area contributed by atoms with Crippen molar-refractivity contribution in [2.24, 2.45) is 16.7 Å². The van der Waals surface area contributed by atoms with Crippen molar-refractivity contribution in [3.8, 4) is 0 Å². The fourth-order valence-electron chi connectivity index (χ4n) is 3.18. The molecule has 2 heteroatoms. The van der Waals surface area contributed by atoms with Gasteiger partial charge >= 0.3 is 5.97 Å². The summed E-state index contributed by atoms with van der Waals surface area (Å²) in [6.07, 6.45) is 3.90. The zero-order valence-corrected chi connectivity index (χ0v) is 12.3. The monoisotopic (exact) mass is 240 g/mol. The van der Waals surface area contributed by atoms with Gasteiger partial charge in [-0.3, -0.25) is 4.79 Å². The predicted octanol–water partition coefficient (Wildman–Crippen LogP) is 4.18. The van der Waals surface area contributed by atoms with Gasteiger partial charge in [0.2, 0.25) is 0 Å². The van der Waals surface area contributed by atoms with Crippen molar-refractivity contribution < 1.29 is 9.53 Å². The Morgan fingerprint density at radius 3 is 2.24 bits per heavy atom. The highest BCUT2D eigenvalue weighted by Crippen LogP contribution is 2.47. The van der Waals surface area contributed by atoms with Crippen LogP contribution in [0, 0.1) is 16.7 Å². The first-order chi connectivity index (χ1) is 7.77. The number of ether oxygens (including phenoxy) is 1. The van der Waals surface area contributed by atoms with Crippen LogP contribution in [0.5, 0.6) is 0 Å². The molecule has 1 saturated heterocycles. The van der Waals surface area contributed by atoms with Gasteiger partial charge in [0.15, 0.2) is 0 Å². The summed E-state index contributed by atoms with van der Waals surface area (Å²) in [6, 6.07) is 0. The van der Waals surface area contributed by atoms with Crippen LogP contribution in [0.4, 0.5) is 0 Å². The third-order valence-corrected chi connectivity index (χ3v) is 4.42. The number of hydrogen-bond acceptors (Lipinski definition) is 2. The van der Waals surface area contributed by atoms with Gasteiger partial charge in [-0.2, -0.15) is 0 Å². The second-order valence-corrected chi connectivity index (χ2v) is 6.67. The molecule has 1 heterocycles. The molecule has 1 fully saturated rings. The van der Waals surface area contributed by atoms with Gasteiger partial charge in [0.1, 0.15) is 6.10 Å². The largest absolute Gasteiger partial charge is 0.461 e. The van der Waals surface area contributed by atoms with E-state index >= 15 is 0 Å². The van der Waals surface area contributed by atoms with E-state index in [0.717, 1.165) is 25.7 Å². The van der Waals surface area contributed by atoms with Crippen LogP contribution in [-0.2, 0) is 9.53 Å². The van der Waals surface area contributed by atoms with Gasteiger partial charge in [0, 0.05) is 11.8 Å². The Hall–Kier alpha value is -0.530. The van der Waals surface area contributed by atoms with Gasteiger partial charge in [-0.25, -0.2) is 0 Å². The molecule has 0 unspecified atom stereocenters. The predicted molar refractivity (Wildman–Crippen MR) is 70.7 cm³/mol. The van der Waals surface area contributed by atoms with E-state index in [-0.39, 0.29) is 22.9 Å². The third-order valence-electron chi connectivity index (χ3n) is 4.42. The first-order valence-corrected chi connectivity index (χ1v) is 6.98. The van der Waals surface area contributed by atoms with Crippen LogP contribution in [0.3, 0.4) is 0 Å². The Balaban J connectivity index is 2.81. The molecule has 0 saturated carbocycles. The van der Waals surface area contributed by atoms with Crippen molar-refractivity contribution in [2.45, 2.75) is 73.3 Å². The summed E-state index contributed by atoms with van der Waals surface area (Å²) in [5, 5.41) is 0. The van der Waals surface area contributed by atoms with E-state index in [1.165, 1.54) is 0 Å². The fraction of sp³-hybridized carbons (Fsp3) is 0.933. The van der Waals surface area contributed by atoms with Crippen LogP contribution in [0.1, 0.15) is 67.2 Å². The summed E-state index contributed by atoms with van der Waals surface area (Å²) in [5.74, 6) is 0.672. The molecular formula is C15H28O2. The molecule has 17 heavy (non-hydrogen) atoms. The number of hydrogen-bond donors (Lipinski definition) is 0. The molecule has 0 N–H and O–H groups in total. The fourth-order valence-corrected chi connectivity index (χ4v) is 3.18. The summed E-state index contributed by atoms with van der Waals surface area (Å²) >= 11 is 0. The minimum absolute atomic E-state index is 0.0318. The number of rotatable bonds is 5. The van der Waals surface area contributed by atoms with E-state index < -0.39 is 0 Å². The summed E-state index contributed by atoms with van der Waals surface area (Å²) in [4.78, 5) is 12.1. The molecule has 2 nitrogen and oxygen atoms in total. The lowest BCUT2D eigenvalue weighted by atomic mass is 9.72. The van der Waals surface area contributed by atoms with Crippen LogP contribution < -0.4 is 0 Å². The van der Waals surface area contributed by atoms with Gasteiger partial charge < -0.3 is 4.74 Å². The maximum Gasteiger partial charge on any atom is 0.312 e. The van der Waals surface area contributed by atoms with Gasteiger partial charge in [0.05, 0.1) is 5.41 Å². The Morgan fingerprint density at radius 2 is 1.88 bits per heavy atom. The minimum atomic E-state index is -0.209. The molecule has 0 aromatic carbocycles. The molecule has 0 aromatic rings. The lowest BCUT2D eigenvalue weighted by Gasteiger charge is -2.32. The van der Waals surface area contributed by atoms with Crippen LogP contribution in [0.25, 0.3) is 0 Å². The highest BCUT2D eigenvalue weighted by Gasteiger charge is 2.50. The van der Waals surface area contributed by atoms with E-state index in [2.05, 4.69) is 41.5 Å². The molecule has 0 aliphatic carbocycles. The standard InChI is InChI=1S/C15H28O2/c1-7-15(8-2)10-12(17-13(15)16)14(5,6)9-11(3)4/h11-12H,7-10H2,1-6H3/t12-/m0/s1.